The van der Waals surface area contributed by atoms with Crippen LogP contribution in [0.4, 0.5) is 0 Å². The Balaban J connectivity index is 2.58. The standard InChI is InChI=1S/C13H16BrN3O2/c1-8-10-5-9(14)6-11(12(10)16-7-15-8)19-13(2,18)17(3)4/h5-7,18H,1-4H3. The van der Waals surface area contributed by atoms with E-state index in [-0.39, 0.29) is 0 Å². The molecule has 1 atom stereocenters. The fourth-order valence-corrected chi connectivity index (χ4v) is 2.04. The van der Waals surface area contributed by atoms with Gasteiger partial charge in [-0.3, -0.25) is 0 Å². The molecule has 1 aromatic carbocycles. The van der Waals surface area contributed by atoms with Gasteiger partial charge in [-0.2, -0.15) is 0 Å². The van der Waals surface area contributed by atoms with Gasteiger partial charge in [0.2, 0.25) is 0 Å². The molecule has 0 spiro atoms. The maximum absolute atomic E-state index is 10.2. The van der Waals surface area contributed by atoms with Crippen molar-refractivity contribution in [2.75, 3.05) is 14.1 Å². The first-order valence-corrected chi connectivity index (χ1v) is 6.60. The van der Waals surface area contributed by atoms with Gasteiger partial charge < -0.3 is 9.84 Å². The molecule has 1 aromatic heterocycles. The number of nitrogens with zero attached hydrogens (tertiary/aromatic N) is 3. The highest BCUT2D eigenvalue weighted by Gasteiger charge is 2.26. The van der Waals surface area contributed by atoms with E-state index in [0.717, 1.165) is 15.6 Å². The third-order valence-corrected chi connectivity index (χ3v) is 3.46. The van der Waals surface area contributed by atoms with Crippen LogP contribution in [-0.4, -0.2) is 40.0 Å². The summed E-state index contributed by atoms with van der Waals surface area (Å²) in [5, 5.41) is 11.1. The molecule has 5 nitrogen and oxygen atoms in total. The quantitative estimate of drug-likeness (QED) is 0.877. The SMILES string of the molecule is Cc1ncnc2c(OC(C)(O)N(C)C)cc(Br)cc12. The third-order valence-electron chi connectivity index (χ3n) is 3.00. The summed E-state index contributed by atoms with van der Waals surface area (Å²) in [6.07, 6.45) is 1.49. The first kappa shape index (κ1) is 14.2. The number of benzene rings is 1. The van der Waals surface area contributed by atoms with Gasteiger partial charge in [-0.05, 0) is 33.2 Å². The normalized spacial score (nSPS) is 14.7. The highest BCUT2D eigenvalue weighted by molar-refractivity contribution is 9.10. The molecule has 1 heterocycles. The molecule has 0 aliphatic carbocycles. The largest absolute Gasteiger partial charge is 0.447 e. The first-order chi connectivity index (χ1) is 8.81. The van der Waals surface area contributed by atoms with E-state index in [0.29, 0.717) is 11.3 Å². The number of rotatable bonds is 3. The molecule has 0 saturated carbocycles. The minimum Gasteiger partial charge on any atom is -0.447 e. The maximum Gasteiger partial charge on any atom is 0.267 e. The van der Waals surface area contributed by atoms with Crippen molar-refractivity contribution in [1.82, 2.24) is 14.9 Å². The van der Waals surface area contributed by atoms with Gasteiger partial charge in [0.1, 0.15) is 11.8 Å². The van der Waals surface area contributed by atoms with Crippen LogP contribution in [0.3, 0.4) is 0 Å². The Morgan fingerprint density at radius 2 is 2.00 bits per heavy atom. The molecule has 102 valence electrons. The van der Waals surface area contributed by atoms with Gasteiger partial charge in [0.05, 0.1) is 0 Å². The van der Waals surface area contributed by atoms with Crippen LogP contribution in [0.2, 0.25) is 0 Å². The number of aromatic nitrogens is 2. The highest BCUT2D eigenvalue weighted by atomic mass is 79.9. The van der Waals surface area contributed by atoms with Crippen molar-refractivity contribution in [3.05, 3.63) is 28.6 Å². The van der Waals surface area contributed by atoms with Crippen LogP contribution in [-0.2, 0) is 0 Å². The number of fused-ring (bicyclic) bond motifs is 1. The second-order valence-corrected chi connectivity index (χ2v) is 5.61. The summed E-state index contributed by atoms with van der Waals surface area (Å²) >= 11 is 3.43. The molecule has 0 fully saturated rings. The summed E-state index contributed by atoms with van der Waals surface area (Å²) in [6, 6.07) is 3.72. The van der Waals surface area contributed by atoms with Crippen molar-refractivity contribution in [1.29, 1.82) is 0 Å². The minimum atomic E-state index is -1.41. The molecular weight excluding hydrogens is 310 g/mol. The smallest absolute Gasteiger partial charge is 0.267 e. The van der Waals surface area contributed by atoms with Crippen LogP contribution in [0.1, 0.15) is 12.6 Å². The van der Waals surface area contributed by atoms with Gasteiger partial charge in [0.25, 0.3) is 5.91 Å². The van der Waals surface area contributed by atoms with Crippen LogP contribution in [0.25, 0.3) is 10.9 Å². The van der Waals surface area contributed by atoms with Crippen molar-refractivity contribution in [3.63, 3.8) is 0 Å². The second-order valence-electron chi connectivity index (χ2n) is 4.69. The van der Waals surface area contributed by atoms with Crippen molar-refractivity contribution < 1.29 is 9.84 Å². The zero-order valence-corrected chi connectivity index (χ0v) is 12.9. The summed E-state index contributed by atoms with van der Waals surface area (Å²) in [6.45, 7) is 3.48. The van der Waals surface area contributed by atoms with Crippen LogP contribution >= 0.6 is 15.9 Å². The zero-order valence-electron chi connectivity index (χ0n) is 11.3. The Hall–Kier alpha value is -1.24. The topological polar surface area (TPSA) is 58.5 Å². The van der Waals surface area contributed by atoms with Gasteiger partial charge in [0.15, 0.2) is 5.75 Å². The number of halogens is 1. The van der Waals surface area contributed by atoms with Gasteiger partial charge >= 0.3 is 0 Å². The molecule has 0 radical (unpaired) electrons. The van der Waals surface area contributed by atoms with Gasteiger partial charge in [0, 0.05) is 22.5 Å². The van der Waals surface area contributed by atoms with E-state index in [1.54, 1.807) is 32.0 Å². The summed E-state index contributed by atoms with van der Waals surface area (Å²) in [5.74, 6) is -0.902. The molecule has 19 heavy (non-hydrogen) atoms. The van der Waals surface area contributed by atoms with Crippen LogP contribution in [0.5, 0.6) is 5.75 Å². The lowest BCUT2D eigenvalue weighted by Gasteiger charge is -2.31. The Morgan fingerprint density at radius 1 is 1.32 bits per heavy atom. The molecule has 0 amide bonds. The Morgan fingerprint density at radius 3 is 2.63 bits per heavy atom. The van der Waals surface area contributed by atoms with Crippen LogP contribution in [0, 0.1) is 6.92 Å². The van der Waals surface area contributed by atoms with E-state index in [2.05, 4.69) is 25.9 Å². The number of ether oxygens (including phenoxy) is 1. The van der Waals surface area contributed by atoms with Crippen LogP contribution < -0.4 is 4.74 Å². The fourth-order valence-electron chi connectivity index (χ4n) is 1.60. The molecule has 0 aliphatic rings. The van der Waals surface area contributed by atoms with E-state index in [9.17, 15) is 5.11 Å². The Bertz CT molecular complexity index is 614. The predicted octanol–water partition coefficient (Wildman–Crippen LogP) is 2.31. The fraction of sp³-hybridized carbons (Fsp3) is 0.385. The Kier molecular flexibility index (Phi) is 3.75. The van der Waals surface area contributed by atoms with Crippen molar-refractivity contribution in [2.24, 2.45) is 0 Å². The predicted molar refractivity (Wildman–Crippen MR) is 76.9 cm³/mol. The number of aliphatic hydroxyl groups is 1. The van der Waals surface area contributed by atoms with Crippen LogP contribution in [0.15, 0.2) is 22.9 Å². The lowest BCUT2D eigenvalue weighted by atomic mass is 10.2. The van der Waals surface area contributed by atoms with Gasteiger partial charge in [-0.25, -0.2) is 14.9 Å². The number of aryl methyl sites for hydroxylation is 1. The third kappa shape index (κ3) is 2.86. The Labute approximate surface area is 120 Å². The summed E-state index contributed by atoms with van der Waals surface area (Å²) in [5.41, 5.74) is 1.54. The average molecular weight is 326 g/mol. The molecule has 0 aliphatic heterocycles. The molecule has 0 bridgehead atoms. The lowest BCUT2D eigenvalue weighted by Crippen LogP contribution is -2.46. The molecule has 2 rings (SSSR count). The van der Waals surface area contributed by atoms with Crippen molar-refractivity contribution in [2.45, 2.75) is 19.8 Å². The first-order valence-electron chi connectivity index (χ1n) is 5.81. The van der Waals surface area contributed by atoms with Crippen molar-refractivity contribution >= 4 is 26.8 Å². The minimum absolute atomic E-state index is 0.508. The molecule has 1 N–H and O–H groups in total. The lowest BCUT2D eigenvalue weighted by molar-refractivity contribution is -0.213. The molecule has 2 aromatic rings. The number of hydrogen-bond donors (Lipinski definition) is 1. The van der Waals surface area contributed by atoms with E-state index in [1.807, 2.05) is 13.0 Å². The highest BCUT2D eigenvalue weighted by Crippen LogP contribution is 2.31. The van der Waals surface area contributed by atoms with Gasteiger partial charge in [-0.1, -0.05) is 15.9 Å². The van der Waals surface area contributed by atoms with Crippen molar-refractivity contribution in [3.8, 4) is 5.75 Å². The summed E-state index contributed by atoms with van der Waals surface area (Å²) < 4.78 is 6.52. The van der Waals surface area contributed by atoms with E-state index in [4.69, 9.17) is 4.74 Å². The van der Waals surface area contributed by atoms with E-state index in [1.165, 1.54) is 6.33 Å². The van der Waals surface area contributed by atoms with Gasteiger partial charge in [-0.15, -0.1) is 0 Å². The second kappa shape index (κ2) is 5.03. The monoisotopic (exact) mass is 325 g/mol. The summed E-state index contributed by atoms with van der Waals surface area (Å²) in [4.78, 5) is 9.98. The summed E-state index contributed by atoms with van der Waals surface area (Å²) in [7, 11) is 3.47. The van der Waals surface area contributed by atoms with E-state index < -0.39 is 5.91 Å². The zero-order chi connectivity index (χ0) is 14.2. The number of hydrogen-bond acceptors (Lipinski definition) is 5. The maximum atomic E-state index is 10.2. The average Bonchev–Trinajstić information content (AvgIpc) is 2.30. The van der Waals surface area contributed by atoms with E-state index >= 15 is 0 Å². The molecule has 6 heteroatoms. The molecular formula is C13H16BrN3O2. The molecule has 0 saturated heterocycles. The molecule has 1 unspecified atom stereocenters.